The monoisotopic (exact) mass is 804 g/mol. The van der Waals surface area contributed by atoms with E-state index >= 15 is 0 Å². The molecule has 4 fully saturated rings. The fourth-order valence-electron chi connectivity index (χ4n) is 14.5. The van der Waals surface area contributed by atoms with Gasteiger partial charge in [0.2, 0.25) is 0 Å². The molecule has 298 valence electrons. The quantitative estimate of drug-likeness (QED) is 0.162. The smallest absolute Gasteiger partial charge is 0.135 e. The van der Waals surface area contributed by atoms with Crippen LogP contribution in [-0.4, -0.2) is 0 Å². The first-order valence-electron chi connectivity index (χ1n) is 23.3. The Morgan fingerprint density at radius 1 is 0.349 bits per heavy atom. The lowest BCUT2D eigenvalue weighted by molar-refractivity contribution is -0.0393. The highest BCUT2D eigenvalue weighted by molar-refractivity contribution is 6.22. The molecule has 1 spiro atoms. The van der Waals surface area contributed by atoms with Crippen molar-refractivity contribution < 1.29 is 4.42 Å². The van der Waals surface area contributed by atoms with Crippen LogP contribution in [0, 0.1) is 23.7 Å². The van der Waals surface area contributed by atoms with E-state index in [9.17, 15) is 0 Å². The van der Waals surface area contributed by atoms with E-state index in [-0.39, 0.29) is 5.41 Å². The van der Waals surface area contributed by atoms with E-state index in [0.29, 0.717) is 11.8 Å². The molecule has 1 nitrogen and oxygen atoms in total. The normalized spacial score (nSPS) is 22.0. The summed E-state index contributed by atoms with van der Waals surface area (Å²) in [6.45, 7) is 0. The standard InChI is InChI=1S/C62H44O/c1-2-12-44-38(11-1)25-27-52-60-47-15-4-3-13-45(47)53(35-55(60)62(61(44)52)42-30-36-29-37(32-42)33-43(62)31-36)39-21-23-40(24-22-39)58-48-16-5-7-18-50(48)59(51-19-8-6-17-49(51)58)41-26-28-57-54(34-41)46-14-9-10-20-56(46)63-57/h1-28,34-37,42-43H,29-33H2. The fraction of sp³-hybridized carbons (Fsp3) is 0.161. The molecule has 0 unspecified atom stereocenters. The molecule has 5 aliphatic rings. The molecule has 16 rings (SSSR count). The van der Waals surface area contributed by atoms with Gasteiger partial charge in [-0.25, -0.2) is 0 Å². The number of furan rings is 1. The molecule has 4 saturated carbocycles. The topological polar surface area (TPSA) is 13.1 Å². The predicted molar refractivity (Wildman–Crippen MR) is 263 cm³/mol. The van der Waals surface area contributed by atoms with Crippen LogP contribution in [-0.2, 0) is 5.41 Å². The molecule has 0 amide bonds. The second-order valence-electron chi connectivity index (χ2n) is 19.5. The summed E-state index contributed by atoms with van der Waals surface area (Å²) in [5.41, 5.74) is 15.9. The van der Waals surface area contributed by atoms with Crippen LogP contribution in [0.2, 0.25) is 0 Å². The lowest BCUT2D eigenvalue weighted by Gasteiger charge is -2.61. The molecule has 0 radical (unpaired) electrons. The number of hydrogen-bond donors (Lipinski definition) is 0. The minimum atomic E-state index is 0.0620. The van der Waals surface area contributed by atoms with Crippen molar-refractivity contribution in [2.75, 3.05) is 0 Å². The van der Waals surface area contributed by atoms with Crippen molar-refractivity contribution >= 4 is 65.0 Å². The minimum Gasteiger partial charge on any atom is -0.456 e. The fourth-order valence-corrected chi connectivity index (χ4v) is 14.5. The Balaban J connectivity index is 0.927. The van der Waals surface area contributed by atoms with Gasteiger partial charge in [0, 0.05) is 16.2 Å². The predicted octanol–water partition coefficient (Wildman–Crippen LogP) is 16.9. The molecular formula is C62H44O. The van der Waals surface area contributed by atoms with Gasteiger partial charge in [-0.3, -0.25) is 0 Å². The number of hydrogen-bond acceptors (Lipinski definition) is 1. The second-order valence-corrected chi connectivity index (χ2v) is 19.5. The largest absolute Gasteiger partial charge is 0.456 e. The first-order valence-corrected chi connectivity index (χ1v) is 23.3. The van der Waals surface area contributed by atoms with E-state index < -0.39 is 0 Å². The summed E-state index contributed by atoms with van der Waals surface area (Å²) in [5, 5.41) is 13.0. The van der Waals surface area contributed by atoms with Gasteiger partial charge in [-0.2, -0.15) is 0 Å². The number of benzene rings is 10. The average molecular weight is 805 g/mol. The number of rotatable bonds is 3. The molecule has 10 aromatic carbocycles. The Labute approximate surface area is 366 Å². The number of fused-ring (bicyclic) bond motifs is 12. The van der Waals surface area contributed by atoms with Gasteiger partial charge >= 0.3 is 0 Å². The van der Waals surface area contributed by atoms with E-state index in [1.54, 1.807) is 11.1 Å². The Morgan fingerprint density at radius 2 is 0.857 bits per heavy atom. The maximum atomic E-state index is 6.26. The van der Waals surface area contributed by atoms with Crippen LogP contribution >= 0.6 is 0 Å². The highest BCUT2D eigenvalue weighted by Gasteiger charge is 2.62. The highest BCUT2D eigenvalue weighted by atomic mass is 16.3. The molecule has 0 saturated heterocycles. The van der Waals surface area contributed by atoms with Crippen LogP contribution in [0.25, 0.3) is 110 Å². The summed E-state index contributed by atoms with van der Waals surface area (Å²) in [4.78, 5) is 0. The van der Waals surface area contributed by atoms with Crippen molar-refractivity contribution in [2.45, 2.75) is 37.5 Å². The zero-order valence-corrected chi connectivity index (χ0v) is 35.1. The van der Waals surface area contributed by atoms with Crippen molar-refractivity contribution in [2.24, 2.45) is 23.7 Å². The Kier molecular flexibility index (Phi) is 6.91. The first kappa shape index (κ1) is 34.6. The van der Waals surface area contributed by atoms with Gasteiger partial charge in [-0.15, -0.1) is 0 Å². The van der Waals surface area contributed by atoms with Gasteiger partial charge < -0.3 is 4.42 Å². The summed E-state index contributed by atoms with van der Waals surface area (Å²) in [7, 11) is 0. The zero-order chi connectivity index (χ0) is 41.0. The van der Waals surface area contributed by atoms with E-state index in [4.69, 9.17) is 4.42 Å². The molecule has 1 heteroatoms. The minimum absolute atomic E-state index is 0.0620. The molecule has 1 heterocycles. The van der Waals surface area contributed by atoms with Gasteiger partial charge in [0.05, 0.1) is 0 Å². The van der Waals surface area contributed by atoms with Crippen LogP contribution in [0.15, 0.2) is 186 Å². The average Bonchev–Trinajstić information content (AvgIpc) is 3.86. The summed E-state index contributed by atoms with van der Waals surface area (Å²) in [6, 6.07) is 69.0. The third-order valence-corrected chi connectivity index (χ3v) is 16.6. The summed E-state index contributed by atoms with van der Waals surface area (Å²) < 4.78 is 6.26. The van der Waals surface area contributed by atoms with Crippen molar-refractivity contribution in [3.05, 3.63) is 193 Å². The lowest BCUT2D eigenvalue weighted by atomic mass is 9.43. The van der Waals surface area contributed by atoms with Gasteiger partial charge in [0.25, 0.3) is 0 Å². The molecule has 11 aromatic rings. The zero-order valence-electron chi connectivity index (χ0n) is 35.1. The molecule has 5 aliphatic carbocycles. The number of para-hydroxylation sites is 1. The van der Waals surface area contributed by atoms with E-state index in [1.165, 1.54) is 120 Å². The molecular weight excluding hydrogens is 761 g/mol. The van der Waals surface area contributed by atoms with Crippen LogP contribution < -0.4 is 0 Å². The molecule has 0 aliphatic heterocycles. The van der Waals surface area contributed by atoms with Crippen molar-refractivity contribution in [1.82, 2.24) is 0 Å². The van der Waals surface area contributed by atoms with Crippen LogP contribution in [0.1, 0.15) is 43.2 Å². The van der Waals surface area contributed by atoms with E-state index in [1.807, 2.05) is 6.07 Å². The third kappa shape index (κ3) is 4.57. The molecule has 0 N–H and O–H groups in total. The Hall–Kier alpha value is -6.96. The highest BCUT2D eigenvalue weighted by Crippen LogP contribution is 2.71. The molecule has 1 aromatic heterocycles. The first-order chi connectivity index (χ1) is 31.2. The molecule has 4 bridgehead atoms. The van der Waals surface area contributed by atoms with Crippen LogP contribution in [0.5, 0.6) is 0 Å². The Morgan fingerprint density at radius 3 is 1.52 bits per heavy atom. The summed E-state index contributed by atoms with van der Waals surface area (Å²) in [5.74, 6) is 3.19. The second kappa shape index (κ2) is 12.6. The van der Waals surface area contributed by atoms with Gasteiger partial charge in [0.1, 0.15) is 11.2 Å². The lowest BCUT2D eigenvalue weighted by Crippen LogP contribution is -2.55. The van der Waals surface area contributed by atoms with Crippen molar-refractivity contribution in [3.8, 4) is 44.5 Å². The van der Waals surface area contributed by atoms with Gasteiger partial charge in [-0.1, -0.05) is 158 Å². The van der Waals surface area contributed by atoms with Crippen molar-refractivity contribution in [3.63, 3.8) is 0 Å². The Bertz CT molecular complexity index is 3660. The van der Waals surface area contributed by atoms with Gasteiger partial charge in [0.15, 0.2) is 0 Å². The molecule has 63 heavy (non-hydrogen) atoms. The maximum absolute atomic E-state index is 6.26. The maximum Gasteiger partial charge on any atom is 0.135 e. The van der Waals surface area contributed by atoms with Gasteiger partial charge in [-0.05, 0) is 179 Å². The van der Waals surface area contributed by atoms with E-state index in [2.05, 4.69) is 176 Å². The summed E-state index contributed by atoms with van der Waals surface area (Å²) >= 11 is 0. The third-order valence-electron chi connectivity index (χ3n) is 16.6. The van der Waals surface area contributed by atoms with Crippen LogP contribution in [0.3, 0.4) is 0 Å². The molecule has 0 atom stereocenters. The van der Waals surface area contributed by atoms with Crippen LogP contribution in [0.4, 0.5) is 0 Å². The summed E-state index contributed by atoms with van der Waals surface area (Å²) in [6.07, 6.45) is 6.96. The van der Waals surface area contributed by atoms with E-state index in [0.717, 1.165) is 33.8 Å². The van der Waals surface area contributed by atoms with Crippen molar-refractivity contribution in [1.29, 1.82) is 0 Å². The SMILES string of the molecule is c1ccc2c3c(ccc2c1)-c1c(cc(-c2ccc(-c4c5ccccc5c(-c5ccc6oc7ccccc7c6c5)c5ccccc45)cc2)c2ccccc12)C31C2CC3CC(C2)CC1C3.